The summed E-state index contributed by atoms with van der Waals surface area (Å²) in [7, 11) is -2.86. The molecule has 0 bridgehead atoms. The third-order valence-electron chi connectivity index (χ3n) is 4.29. The van der Waals surface area contributed by atoms with E-state index in [0.717, 1.165) is 0 Å². The van der Waals surface area contributed by atoms with E-state index in [1.54, 1.807) is 48.6 Å². The van der Waals surface area contributed by atoms with Gasteiger partial charge in [0.2, 0.25) is 16.0 Å². The molecule has 0 unspecified atom stereocenters. The van der Waals surface area contributed by atoms with Crippen LogP contribution in [0.1, 0.15) is 5.56 Å². The van der Waals surface area contributed by atoms with Crippen LogP contribution < -0.4 is 10.0 Å². The molecule has 0 aliphatic rings. The van der Waals surface area contributed by atoms with Gasteiger partial charge in [-0.3, -0.25) is 9.40 Å². The van der Waals surface area contributed by atoms with E-state index in [0.29, 0.717) is 28.2 Å². The summed E-state index contributed by atoms with van der Waals surface area (Å²) in [6, 6.07) is 6.15. The van der Waals surface area contributed by atoms with Gasteiger partial charge in [-0.15, -0.1) is 0 Å². The topological polar surface area (TPSA) is 120 Å². The highest BCUT2D eigenvalue weighted by Crippen LogP contribution is 2.23. The Morgan fingerprint density at radius 1 is 1.09 bits per heavy atom. The number of halogens is 3. The molecule has 4 rings (SSSR count). The Bertz CT molecular complexity index is 1360. The Morgan fingerprint density at radius 2 is 1.88 bits per heavy atom. The molecule has 32 heavy (non-hydrogen) atoms. The summed E-state index contributed by atoms with van der Waals surface area (Å²) in [5.41, 5.74) is 1.59. The lowest BCUT2D eigenvalue weighted by atomic mass is 10.2. The summed E-state index contributed by atoms with van der Waals surface area (Å²) in [5.74, 6) is -1.68. The number of sulfonamides is 1. The summed E-state index contributed by atoms with van der Waals surface area (Å²) in [5, 5.41) is 12.0. The first kappa shape index (κ1) is 21.5. The van der Waals surface area contributed by atoms with Gasteiger partial charge >= 0.3 is 6.18 Å². The summed E-state index contributed by atoms with van der Waals surface area (Å²) >= 11 is 0. The number of nitrogens with one attached hydrogen (secondary N) is 2. The molecule has 0 amide bonds. The van der Waals surface area contributed by atoms with Crippen LogP contribution in [0, 0.1) is 0 Å². The zero-order chi connectivity index (χ0) is 22.9. The maximum absolute atomic E-state index is 12.6. The molecule has 0 atom stereocenters. The smallest absolute Gasteiger partial charge is 0.321 e. The number of aromatic nitrogens is 6. The van der Waals surface area contributed by atoms with Crippen LogP contribution in [0.25, 0.3) is 11.0 Å². The number of aryl methyl sites for hydroxylation is 1. The average molecular weight is 466 g/mol. The number of fused-ring (bicyclic) bond motifs is 1. The van der Waals surface area contributed by atoms with E-state index in [1.165, 1.54) is 16.8 Å². The van der Waals surface area contributed by atoms with Crippen molar-refractivity contribution in [1.82, 2.24) is 29.5 Å². The molecule has 0 saturated carbocycles. The van der Waals surface area contributed by atoms with Gasteiger partial charge in [0.25, 0.3) is 0 Å². The van der Waals surface area contributed by atoms with Crippen molar-refractivity contribution in [2.45, 2.75) is 12.7 Å². The molecule has 2 N–H and O–H groups in total. The Kier molecular flexibility index (Phi) is 5.46. The SMILES string of the molecule is Cn1cc(Nc2ncc3cnn(Cc4ccccc4NS(=O)(=O)CC(F)(F)F)c3n2)cn1. The number of hydrogen-bond acceptors (Lipinski definition) is 7. The number of hydrogen-bond donors (Lipinski definition) is 2. The summed E-state index contributed by atoms with van der Waals surface area (Å²) < 4.78 is 66.7. The van der Waals surface area contributed by atoms with Crippen molar-refractivity contribution in [2.75, 3.05) is 15.8 Å². The van der Waals surface area contributed by atoms with Crippen LogP contribution in [-0.4, -0.2) is 49.9 Å². The van der Waals surface area contributed by atoms with E-state index in [2.05, 4.69) is 25.5 Å². The lowest BCUT2D eigenvalue weighted by Gasteiger charge is -2.14. The molecular weight excluding hydrogens is 449 g/mol. The molecule has 3 aromatic heterocycles. The van der Waals surface area contributed by atoms with E-state index in [9.17, 15) is 21.6 Å². The molecular formula is C18H17F3N8O2S. The van der Waals surface area contributed by atoms with Crippen LogP contribution in [0.5, 0.6) is 0 Å². The van der Waals surface area contributed by atoms with Gasteiger partial charge in [0.1, 0.15) is 0 Å². The van der Waals surface area contributed by atoms with Crippen molar-refractivity contribution in [3.63, 3.8) is 0 Å². The molecule has 0 fully saturated rings. The second-order valence-electron chi connectivity index (χ2n) is 6.94. The summed E-state index contributed by atoms with van der Waals surface area (Å²) in [6.45, 7) is 0.0670. The maximum atomic E-state index is 12.6. The van der Waals surface area contributed by atoms with Gasteiger partial charge in [0.15, 0.2) is 11.4 Å². The normalized spacial score (nSPS) is 12.2. The van der Waals surface area contributed by atoms with Crippen LogP contribution in [0.15, 0.2) is 49.1 Å². The Labute approximate surface area is 180 Å². The number of para-hydroxylation sites is 1. The van der Waals surface area contributed by atoms with Crippen molar-refractivity contribution in [1.29, 1.82) is 0 Å². The number of benzene rings is 1. The number of rotatable bonds is 7. The molecule has 14 heteroatoms. The number of anilines is 3. The highest BCUT2D eigenvalue weighted by molar-refractivity contribution is 7.92. The van der Waals surface area contributed by atoms with E-state index >= 15 is 0 Å². The summed E-state index contributed by atoms with van der Waals surface area (Å²) in [6.07, 6.45) is 1.61. The first-order valence-corrected chi connectivity index (χ1v) is 10.8. The molecule has 0 saturated heterocycles. The van der Waals surface area contributed by atoms with Gasteiger partial charge in [-0.1, -0.05) is 18.2 Å². The molecule has 1 aromatic carbocycles. The summed E-state index contributed by atoms with van der Waals surface area (Å²) in [4.78, 5) is 8.66. The minimum atomic E-state index is -4.85. The van der Waals surface area contributed by atoms with Crippen LogP contribution in [0.3, 0.4) is 0 Å². The molecule has 0 aliphatic carbocycles. The lowest BCUT2D eigenvalue weighted by molar-refractivity contribution is -0.106. The van der Waals surface area contributed by atoms with E-state index in [4.69, 9.17) is 0 Å². The van der Waals surface area contributed by atoms with E-state index < -0.39 is 22.0 Å². The third-order valence-corrected chi connectivity index (χ3v) is 5.53. The first-order valence-electron chi connectivity index (χ1n) is 9.17. The fraction of sp³-hybridized carbons (Fsp3) is 0.222. The zero-order valence-electron chi connectivity index (χ0n) is 16.6. The van der Waals surface area contributed by atoms with Crippen molar-refractivity contribution in [3.8, 4) is 0 Å². The molecule has 0 radical (unpaired) electrons. The highest BCUT2D eigenvalue weighted by atomic mass is 32.2. The van der Waals surface area contributed by atoms with Crippen molar-refractivity contribution >= 4 is 38.4 Å². The predicted molar refractivity (Wildman–Crippen MR) is 111 cm³/mol. The van der Waals surface area contributed by atoms with Crippen LogP contribution in [-0.2, 0) is 23.6 Å². The molecule has 4 aromatic rings. The van der Waals surface area contributed by atoms with Crippen LogP contribution >= 0.6 is 0 Å². The monoisotopic (exact) mass is 466 g/mol. The Hall–Kier alpha value is -3.68. The molecule has 168 valence electrons. The van der Waals surface area contributed by atoms with Crippen molar-refractivity contribution in [2.24, 2.45) is 7.05 Å². The fourth-order valence-corrected chi connectivity index (χ4v) is 4.03. The van der Waals surface area contributed by atoms with Gasteiger partial charge in [0.05, 0.1) is 35.7 Å². The fourth-order valence-electron chi connectivity index (χ4n) is 3.00. The predicted octanol–water partition coefficient (Wildman–Crippen LogP) is 2.66. The van der Waals surface area contributed by atoms with Crippen molar-refractivity contribution in [3.05, 3.63) is 54.6 Å². The minimum Gasteiger partial charge on any atom is -0.321 e. The molecule has 3 heterocycles. The molecule has 0 spiro atoms. The molecule has 0 aliphatic heterocycles. The largest absolute Gasteiger partial charge is 0.404 e. The Morgan fingerprint density at radius 3 is 2.59 bits per heavy atom. The van der Waals surface area contributed by atoms with Gasteiger partial charge in [-0.05, 0) is 11.6 Å². The van der Waals surface area contributed by atoms with Gasteiger partial charge < -0.3 is 5.32 Å². The zero-order valence-corrected chi connectivity index (χ0v) is 17.4. The van der Waals surface area contributed by atoms with Gasteiger partial charge in [-0.2, -0.15) is 28.4 Å². The van der Waals surface area contributed by atoms with E-state index in [-0.39, 0.29) is 12.2 Å². The standard InChI is InChI=1S/C18H17F3N8O2S/c1-28-10-14(8-23-28)25-17-22-6-13-7-24-29(16(13)26-17)9-12-4-2-3-5-15(12)27-32(30,31)11-18(19,20)21/h2-8,10,27H,9,11H2,1H3,(H,22,25,26). The first-order chi connectivity index (χ1) is 15.1. The van der Waals surface area contributed by atoms with E-state index in [1.807, 2.05) is 4.72 Å². The minimum absolute atomic E-state index is 0.0307. The van der Waals surface area contributed by atoms with Crippen LogP contribution in [0.2, 0.25) is 0 Å². The molecule has 10 nitrogen and oxygen atoms in total. The Balaban J connectivity index is 1.60. The second-order valence-corrected chi connectivity index (χ2v) is 8.66. The second kappa shape index (κ2) is 8.11. The van der Waals surface area contributed by atoms with Gasteiger partial charge in [-0.25, -0.2) is 18.1 Å². The number of nitrogens with zero attached hydrogens (tertiary/aromatic N) is 6. The highest BCUT2D eigenvalue weighted by Gasteiger charge is 2.35. The lowest BCUT2D eigenvalue weighted by Crippen LogP contribution is -2.28. The maximum Gasteiger partial charge on any atom is 0.404 e. The quantitative estimate of drug-likeness (QED) is 0.430. The van der Waals surface area contributed by atoms with Gasteiger partial charge in [0, 0.05) is 19.4 Å². The van der Waals surface area contributed by atoms with Crippen molar-refractivity contribution < 1.29 is 21.6 Å². The third kappa shape index (κ3) is 5.14. The van der Waals surface area contributed by atoms with Crippen LogP contribution in [0.4, 0.5) is 30.5 Å². The average Bonchev–Trinajstić information content (AvgIpc) is 3.27. The number of alkyl halides is 3.